The van der Waals surface area contributed by atoms with E-state index in [-0.39, 0.29) is 12.3 Å². The number of carbonyl (C=O) groups is 2. The molecule has 1 aliphatic heterocycles. The lowest BCUT2D eigenvalue weighted by Crippen LogP contribution is -2.46. The smallest absolute Gasteiger partial charge is 0.416 e. The van der Waals surface area contributed by atoms with Crippen LogP contribution >= 0.6 is 11.8 Å². The summed E-state index contributed by atoms with van der Waals surface area (Å²) in [6.45, 7) is 8.84. The lowest BCUT2D eigenvalue weighted by atomic mass is 10.1. The van der Waals surface area contributed by atoms with Gasteiger partial charge in [-0.05, 0) is 52.3 Å². The Labute approximate surface area is 178 Å². The number of H-pyrrole nitrogens is 1. The van der Waals surface area contributed by atoms with E-state index in [0.29, 0.717) is 16.2 Å². The molecule has 9 heteroatoms. The van der Waals surface area contributed by atoms with Crippen LogP contribution in [0.5, 0.6) is 0 Å². The zero-order chi connectivity index (χ0) is 22.1. The first kappa shape index (κ1) is 21.9. The molecule has 1 aromatic carbocycles. The molecule has 1 unspecified atom stereocenters. The molecule has 1 atom stereocenters. The molecule has 7 nitrogen and oxygen atoms in total. The van der Waals surface area contributed by atoms with Gasteiger partial charge in [-0.15, -0.1) is 0 Å². The highest BCUT2D eigenvalue weighted by Crippen LogP contribution is 2.56. The summed E-state index contributed by atoms with van der Waals surface area (Å²) < 4.78 is 24.4. The molecule has 1 aromatic heterocycles. The predicted octanol–water partition coefficient (Wildman–Crippen LogP) is 4.64. The Kier molecular flexibility index (Phi) is 5.94. The van der Waals surface area contributed by atoms with E-state index in [4.69, 9.17) is 9.47 Å². The van der Waals surface area contributed by atoms with Gasteiger partial charge in [-0.1, -0.05) is 23.9 Å². The number of nitrogens with one attached hydrogen (secondary N) is 1. The molecule has 0 saturated heterocycles. The first-order valence-electron chi connectivity index (χ1n) is 9.45. The summed E-state index contributed by atoms with van der Waals surface area (Å²) in [5.74, 6) is -1.07. The molecule has 0 bridgehead atoms. The number of hydrogen-bond donors (Lipinski definition) is 1. The summed E-state index contributed by atoms with van der Waals surface area (Å²) in [5.41, 5.74) is 0.438. The summed E-state index contributed by atoms with van der Waals surface area (Å²) in [7, 11) is 0. The zero-order valence-electron chi connectivity index (χ0n) is 17.5. The molecule has 2 aromatic rings. The number of thioether (sulfide) groups is 1. The monoisotopic (exact) mass is 433 g/mol. The molecule has 2 heterocycles. The molecule has 0 radical (unpaired) electrons. The molecule has 0 fully saturated rings. The number of amides is 1. The van der Waals surface area contributed by atoms with Gasteiger partial charge in [0.15, 0.2) is 0 Å². The second-order valence-corrected chi connectivity index (χ2v) is 9.18. The summed E-state index contributed by atoms with van der Waals surface area (Å²) >= 11 is 1.26. The van der Waals surface area contributed by atoms with Gasteiger partial charge in [0, 0.05) is 4.91 Å². The summed E-state index contributed by atoms with van der Waals surface area (Å²) in [5, 5.41) is 0. The average Bonchev–Trinajstić information content (AvgIpc) is 3.28. The maximum atomic E-state index is 13.5. The number of hydrogen-bond acceptors (Lipinski definition) is 6. The second kappa shape index (κ2) is 8.14. The van der Waals surface area contributed by atoms with Crippen LogP contribution in [0.15, 0.2) is 42.5 Å². The van der Waals surface area contributed by atoms with Crippen molar-refractivity contribution in [3.63, 3.8) is 0 Å². The Bertz CT molecular complexity index is 967. The molecule has 1 N–H and O–H groups in total. The van der Waals surface area contributed by atoms with Crippen LogP contribution in [0.25, 0.3) is 4.91 Å². The van der Waals surface area contributed by atoms with E-state index in [9.17, 15) is 14.0 Å². The van der Waals surface area contributed by atoms with Gasteiger partial charge in [-0.3, -0.25) is 0 Å². The normalized spacial score (nSPS) is 19.2. The number of benzene rings is 1. The third kappa shape index (κ3) is 4.21. The highest BCUT2D eigenvalue weighted by Gasteiger charge is 2.52. The number of imidazole rings is 1. The van der Waals surface area contributed by atoms with E-state index in [1.54, 1.807) is 52.9 Å². The van der Waals surface area contributed by atoms with Gasteiger partial charge in [-0.25, -0.2) is 23.9 Å². The van der Waals surface area contributed by atoms with E-state index in [0.717, 1.165) is 0 Å². The maximum Gasteiger partial charge on any atom is 0.416 e. The van der Waals surface area contributed by atoms with Gasteiger partial charge in [0.2, 0.25) is 0 Å². The number of aromatic amines is 1. The topological polar surface area (TPSA) is 84.5 Å². The van der Waals surface area contributed by atoms with Gasteiger partial charge in [-0.2, -0.15) is 0 Å². The number of carbonyl (C=O) groups excluding carboxylic acids is 2. The van der Waals surface area contributed by atoms with Crippen molar-refractivity contribution in [2.24, 2.45) is 0 Å². The fourth-order valence-electron chi connectivity index (χ4n) is 3.05. The minimum Gasteiger partial charge on any atom is -0.461 e. The fourth-order valence-corrected chi connectivity index (χ4v) is 4.45. The number of aromatic nitrogens is 2. The Morgan fingerprint density at radius 1 is 1.27 bits per heavy atom. The van der Waals surface area contributed by atoms with Crippen molar-refractivity contribution in [1.29, 1.82) is 0 Å². The SMILES string of the molecule is CCOC(=O)C1=C(c2ccc(F)cc2)SC(C)(c2cnc[nH]2)N1C(=O)OC(C)(C)C. The third-order valence-corrected chi connectivity index (χ3v) is 5.75. The standard InChI is InChI=1S/C21H24FN3O4S/c1-6-28-18(26)16-17(13-7-9-14(22)10-8-13)30-21(5,15-11-23-12-24-15)25(16)19(27)29-20(2,3)4/h7-12H,6H2,1-5H3,(H,23,24). The summed E-state index contributed by atoms with van der Waals surface area (Å²) in [4.78, 5) is 34.1. The maximum absolute atomic E-state index is 13.5. The van der Waals surface area contributed by atoms with Crippen LogP contribution in [0.3, 0.4) is 0 Å². The van der Waals surface area contributed by atoms with Crippen LogP contribution in [0.1, 0.15) is 45.9 Å². The van der Waals surface area contributed by atoms with E-state index in [1.807, 2.05) is 0 Å². The van der Waals surface area contributed by atoms with Crippen molar-refractivity contribution in [3.05, 3.63) is 59.6 Å². The molecule has 160 valence electrons. The highest BCUT2D eigenvalue weighted by molar-refractivity contribution is 8.09. The van der Waals surface area contributed by atoms with Crippen LogP contribution in [-0.2, 0) is 19.1 Å². The molecule has 0 aliphatic carbocycles. The Hall–Kier alpha value is -2.81. The number of halogens is 1. The van der Waals surface area contributed by atoms with Crippen molar-refractivity contribution in [1.82, 2.24) is 14.9 Å². The summed E-state index contributed by atoms with van der Waals surface area (Å²) in [6, 6.07) is 5.72. The van der Waals surface area contributed by atoms with E-state index in [1.165, 1.54) is 35.1 Å². The van der Waals surface area contributed by atoms with Gasteiger partial charge in [0.25, 0.3) is 0 Å². The number of ether oxygens (including phenoxy) is 2. The largest absolute Gasteiger partial charge is 0.461 e. The molecule has 1 amide bonds. The van der Waals surface area contributed by atoms with E-state index in [2.05, 4.69) is 9.97 Å². The number of esters is 1. The lowest BCUT2D eigenvalue weighted by Gasteiger charge is -2.35. The lowest BCUT2D eigenvalue weighted by molar-refractivity contribution is -0.140. The molecule has 0 spiro atoms. The molecule has 3 rings (SSSR count). The van der Waals surface area contributed by atoms with Gasteiger partial charge >= 0.3 is 12.1 Å². The minimum atomic E-state index is -1.06. The van der Waals surface area contributed by atoms with Crippen molar-refractivity contribution >= 4 is 28.7 Å². The van der Waals surface area contributed by atoms with Crippen LogP contribution in [0, 0.1) is 5.82 Å². The van der Waals surface area contributed by atoms with Crippen LogP contribution < -0.4 is 0 Å². The Morgan fingerprint density at radius 3 is 2.47 bits per heavy atom. The molecule has 30 heavy (non-hydrogen) atoms. The van der Waals surface area contributed by atoms with Crippen LogP contribution in [0.2, 0.25) is 0 Å². The van der Waals surface area contributed by atoms with Gasteiger partial charge < -0.3 is 14.5 Å². The van der Waals surface area contributed by atoms with Crippen molar-refractivity contribution < 1.29 is 23.5 Å². The first-order valence-corrected chi connectivity index (χ1v) is 10.3. The minimum absolute atomic E-state index is 0.0415. The van der Waals surface area contributed by atoms with Crippen molar-refractivity contribution in [3.8, 4) is 0 Å². The molecule has 1 aliphatic rings. The third-order valence-electron chi connectivity index (χ3n) is 4.32. The number of nitrogens with zero attached hydrogens (tertiary/aromatic N) is 2. The molecular weight excluding hydrogens is 409 g/mol. The van der Waals surface area contributed by atoms with E-state index >= 15 is 0 Å². The molecular formula is C21H24FN3O4S. The quantitative estimate of drug-likeness (QED) is 0.708. The first-order chi connectivity index (χ1) is 14.1. The zero-order valence-corrected chi connectivity index (χ0v) is 18.3. The van der Waals surface area contributed by atoms with Crippen molar-refractivity contribution in [2.45, 2.75) is 45.1 Å². The van der Waals surface area contributed by atoms with Crippen LogP contribution in [-0.4, -0.2) is 39.1 Å². The highest BCUT2D eigenvalue weighted by atomic mass is 32.2. The summed E-state index contributed by atoms with van der Waals surface area (Å²) in [6.07, 6.45) is 2.38. The Morgan fingerprint density at radius 2 is 1.93 bits per heavy atom. The van der Waals surface area contributed by atoms with Gasteiger partial charge in [0.1, 0.15) is 22.0 Å². The Balaban J connectivity index is 2.21. The van der Waals surface area contributed by atoms with Crippen molar-refractivity contribution in [2.75, 3.05) is 6.61 Å². The van der Waals surface area contributed by atoms with Gasteiger partial charge in [0.05, 0.1) is 24.8 Å². The second-order valence-electron chi connectivity index (χ2n) is 7.77. The fraction of sp³-hybridized carbons (Fsp3) is 0.381. The molecule has 0 saturated carbocycles. The number of rotatable bonds is 4. The van der Waals surface area contributed by atoms with E-state index < -0.39 is 28.4 Å². The predicted molar refractivity (Wildman–Crippen MR) is 112 cm³/mol. The average molecular weight is 434 g/mol. The van der Waals surface area contributed by atoms with Crippen LogP contribution in [0.4, 0.5) is 9.18 Å².